The third kappa shape index (κ3) is 2.54. The van der Waals surface area contributed by atoms with Gasteiger partial charge in [0.2, 0.25) is 5.91 Å². The van der Waals surface area contributed by atoms with Crippen molar-refractivity contribution in [3.63, 3.8) is 0 Å². The second-order valence-corrected chi connectivity index (χ2v) is 5.61. The van der Waals surface area contributed by atoms with Crippen molar-refractivity contribution in [3.05, 3.63) is 17.0 Å². The molecule has 1 aromatic rings. The normalized spacial score (nSPS) is 18.3. The van der Waals surface area contributed by atoms with Gasteiger partial charge in [-0.1, -0.05) is 19.3 Å². The van der Waals surface area contributed by atoms with E-state index < -0.39 is 11.4 Å². The Morgan fingerprint density at radius 3 is 2.56 bits per heavy atom. The maximum Gasteiger partial charge on any atom is 0.251 e. The first kappa shape index (κ1) is 13.0. The van der Waals surface area contributed by atoms with Gasteiger partial charge in [0.15, 0.2) is 0 Å². The number of amides is 2. The summed E-state index contributed by atoms with van der Waals surface area (Å²) in [5.41, 5.74) is 10.9. The van der Waals surface area contributed by atoms with Crippen LogP contribution in [0.4, 0.5) is 5.00 Å². The Labute approximate surface area is 110 Å². The van der Waals surface area contributed by atoms with Gasteiger partial charge in [-0.3, -0.25) is 9.59 Å². The zero-order chi connectivity index (χ0) is 13.2. The van der Waals surface area contributed by atoms with Gasteiger partial charge in [0.1, 0.15) is 5.00 Å². The predicted octanol–water partition coefficient (Wildman–Crippen LogP) is 1.45. The molecule has 2 amide bonds. The number of primary amides is 1. The average Bonchev–Trinajstić information content (AvgIpc) is 2.78. The number of nitrogens with one attached hydrogen (secondary N) is 1. The standard InChI is InChI=1S/C12H17N3O2S/c13-9(16)8-4-7-18-10(8)15-11(17)12(14)5-2-1-3-6-12/h4,7H,1-3,5-6,14H2,(H2,13,16)(H,15,17). The Balaban J connectivity index is 2.11. The summed E-state index contributed by atoms with van der Waals surface area (Å²) in [7, 11) is 0. The first-order valence-corrected chi connectivity index (χ1v) is 6.88. The lowest BCUT2D eigenvalue weighted by Gasteiger charge is -2.31. The maximum absolute atomic E-state index is 12.2. The topological polar surface area (TPSA) is 98.2 Å². The highest BCUT2D eigenvalue weighted by Crippen LogP contribution is 2.29. The summed E-state index contributed by atoms with van der Waals surface area (Å²) < 4.78 is 0. The largest absolute Gasteiger partial charge is 0.366 e. The molecule has 0 atom stereocenters. The maximum atomic E-state index is 12.2. The van der Waals surface area contributed by atoms with Crippen molar-refractivity contribution >= 4 is 28.2 Å². The SMILES string of the molecule is NC(=O)c1ccsc1NC(=O)C1(N)CCCCC1. The van der Waals surface area contributed by atoms with Crippen molar-refractivity contribution in [1.82, 2.24) is 0 Å². The van der Waals surface area contributed by atoms with E-state index >= 15 is 0 Å². The Morgan fingerprint density at radius 2 is 1.94 bits per heavy atom. The van der Waals surface area contributed by atoms with E-state index in [2.05, 4.69) is 5.32 Å². The summed E-state index contributed by atoms with van der Waals surface area (Å²) in [6.45, 7) is 0. The minimum absolute atomic E-state index is 0.216. The molecule has 1 heterocycles. The lowest BCUT2D eigenvalue weighted by Crippen LogP contribution is -2.52. The molecule has 18 heavy (non-hydrogen) atoms. The molecule has 0 aromatic carbocycles. The fraction of sp³-hybridized carbons (Fsp3) is 0.500. The molecule has 5 N–H and O–H groups in total. The van der Waals surface area contributed by atoms with Crippen LogP contribution in [0.15, 0.2) is 11.4 Å². The highest BCUT2D eigenvalue weighted by molar-refractivity contribution is 7.14. The van der Waals surface area contributed by atoms with Gasteiger partial charge in [0, 0.05) is 0 Å². The first-order valence-electron chi connectivity index (χ1n) is 6.00. The fourth-order valence-electron chi connectivity index (χ4n) is 2.24. The third-order valence-corrected chi connectivity index (χ3v) is 4.19. The summed E-state index contributed by atoms with van der Waals surface area (Å²) in [6, 6.07) is 1.60. The fourth-order valence-corrected chi connectivity index (χ4v) is 3.02. The summed E-state index contributed by atoms with van der Waals surface area (Å²) in [5, 5.41) is 4.95. The van der Waals surface area contributed by atoms with Crippen molar-refractivity contribution in [1.29, 1.82) is 0 Å². The van der Waals surface area contributed by atoms with Crippen LogP contribution in [-0.4, -0.2) is 17.4 Å². The van der Waals surface area contributed by atoms with Crippen molar-refractivity contribution in [2.75, 3.05) is 5.32 Å². The molecule has 1 aliphatic rings. The molecule has 0 aliphatic heterocycles. The molecule has 6 heteroatoms. The number of thiophene rings is 1. The van der Waals surface area contributed by atoms with Crippen LogP contribution in [0.2, 0.25) is 0 Å². The lowest BCUT2D eigenvalue weighted by molar-refractivity contribution is -0.122. The van der Waals surface area contributed by atoms with Gasteiger partial charge < -0.3 is 16.8 Å². The zero-order valence-electron chi connectivity index (χ0n) is 10.1. The number of carbonyl (C=O) groups excluding carboxylic acids is 2. The first-order chi connectivity index (χ1) is 8.53. The van der Waals surface area contributed by atoms with Crippen LogP contribution >= 0.6 is 11.3 Å². The van der Waals surface area contributed by atoms with Crippen LogP contribution in [0.25, 0.3) is 0 Å². The Hall–Kier alpha value is -1.40. The molecule has 1 saturated carbocycles. The minimum Gasteiger partial charge on any atom is -0.366 e. The van der Waals surface area contributed by atoms with E-state index in [0.717, 1.165) is 19.3 Å². The molecule has 0 spiro atoms. The molecule has 0 bridgehead atoms. The molecule has 0 saturated heterocycles. The monoisotopic (exact) mass is 267 g/mol. The van der Waals surface area contributed by atoms with E-state index in [0.29, 0.717) is 23.4 Å². The molecule has 0 unspecified atom stereocenters. The van der Waals surface area contributed by atoms with E-state index in [1.54, 1.807) is 11.4 Å². The van der Waals surface area contributed by atoms with Crippen molar-refractivity contribution < 1.29 is 9.59 Å². The van der Waals surface area contributed by atoms with Crippen molar-refractivity contribution in [2.24, 2.45) is 11.5 Å². The molecule has 5 nitrogen and oxygen atoms in total. The zero-order valence-corrected chi connectivity index (χ0v) is 10.9. The van der Waals surface area contributed by atoms with Gasteiger partial charge in [-0.15, -0.1) is 11.3 Å². The van der Waals surface area contributed by atoms with Crippen LogP contribution in [0.3, 0.4) is 0 Å². The Bertz CT molecular complexity index is 464. The minimum atomic E-state index is -0.808. The van der Waals surface area contributed by atoms with E-state index in [1.165, 1.54) is 11.3 Å². The van der Waals surface area contributed by atoms with Crippen LogP contribution < -0.4 is 16.8 Å². The number of carbonyl (C=O) groups is 2. The second-order valence-electron chi connectivity index (χ2n) is 4.70. The highest BCUT2D eigenvalue weighted by atomic mass is 32.1. The second kappa shape index (κ2) is 5.07. The molecule has 2 rings (SSSR count). The van der Waals surface area contributed by atoms with Gasteiger partial charge in [0.05, 0.1) is 11.1 Å². The predicted molar refractivity (Wildman–Crippen MR) is 71.5 cm³/mol. The lowest BCUT2D eigenvalue weighted by atomic mass is 9.82. The summed E-state index contributed by atoms with van der Waals surface area (Å²) in [5.74, 6) is -0.756. The van der Waals surface area contributed by atoms with Gasteiger partial charge in [0.25, 0.3) is 5.91 Å². The van der Waals surface area contributed by atoms with Crippen molar-refractivity contribution in [3.8, 4) is 0 Å². The summed E-state index contributed by atoms with van der Waals surface area (Å²) >= 11 is 1.28. The van der Waals surface area contributed by atoms with Gasteiger partial charge in [-0.25, -0.2) is 0 Å². The highest BCUT2D eigenvalue weighted by Gasteiger charge is 2.35. The van der Waals surface area contributed by atoms with Gasteiger partial charge >= 0.3 is 0 Å². The Morgan fingerprint density at radius 1 is 1.28 bits per heavy atom. The molecular weight excluding hydrogens is 250 g/mol. The molecule has 1 aliphatic carbocycles. The van der Waals surface area contributed by atoms with Crippen molar-refractivity contribution in [2.45, 2.75) is 37.6 Å². The van der Waals surface area contributed by atoms with Gasteiger partial charge in [-0.05, 0) is 24.3 Å². The van der Waals surface area contributed by atoms with Gasteiger partial charge in [-0.2, -0.15) is 0 Å². The number of nitrogens with two attached hydrogens (primary N) is 2. The summed E-state index contributed by atoms with van der Waals surface area (Å²) in [4.78, 5) is 23.3. The number of anilines is 1. The van der Waals surface area contributed by atoms with Crippen LogP contribution in [0.5, 0.6) is 0 Å². The van der Waals surface area contributed by atoms with E-state index in [1.807, 2.05) is 0 Å². The molecular formula is C12H17N3O2S. The summed E-state index contributed by atoms with van der Waals surface area (Å²) in [6.07, 6.45) is 4.44. The molecule has 98 valence electrons. The van der Waals surface area contributed by atoms with Crippen LogP contribution in [0.1, 0.15) is 42.5 Å². The number of hydrogen-bond acceptors (Lipinski definition) is 4. The van der Waals surface area contributed by atoms with E-state index in [-0.39, 0.29) is 5.91 Å². The van der Waals surface area contributed by atoms with Crippen LogP contribution in [-0.2, 0) is 4.79 Å². The van der Waals surface area contributed by atoms with Crippen LogP contribution in [0, 0.1) is 0 Å². The van der Waals surface area contributed by atoms with E-state index in [9.17, 15) is 9.59 Å². The Kier molecular flexibility index (Phi) is 3.68. The smallest absolute Gasteiger partial charge is 0.251 e. The molecule has 0 radical (unpaired) electrons. The average molecular weight is 267 g/mol. The van der Waals surface area contributed by atoms with E-state index in [4.69, 9.17) is 11.5 Å². The molecule has 1 fully saturated rings. The number of rotatable bonds is 3. The molecule has 1 aromatic heterocycles. The quantitative estimate of drug-likeness (QED) is 0.773. The third-order valence-electron chi connectivity index (χ3n) is 3.36. The number of hydrogen-bond donors (Lipinski definition) is 3.